The number of hydrogen-bond donors (Lipinski definition) is 0. The molecule has 0 saturated carbocycles. The van der Waals surface area contributed by atoms with E-state index in [1.807, 2.05) is 38.1 Å². The van der Waals surface area contributed by atoms with E-state index in [2.05, 4.69) is 270 Å². The molecule has 9 aromatic rings. The summed E-state index contributed by atoms with van der Waals surface area (Å²) in [6, 6.07) is 61.7. The molecule has 0 bridgehead atoms. The molecule has 2 aliphatic rings. The Kier molecular flexibility index (Phi) is 13.9. The van der Waals surface area contributed by atoms with Gasteiger partial charge in [-0.3, -0.25) is 0 Å². The van der Waals surface area contributed by atoms with Gasteiger partial charge in [0.25, 0.3) is 6.71 Å². The van der Waals surface area contributed by atoms with Gasteiger partial charge in [-0.15, -0.1) is 0 Å². The lowest BCUT2D eigenvalue weighted by atomic mass is 9.33. The first-order valence-electron chi connectivity index (χ1n) is 28.5. The van der Waals surface area contributed by atoms with Crippen LogP contribution < -0.4 is 41.7 Å². The topological polar surface area (TPSA) is 22.9 Å². The van der Waals surface area contributed by atoms with Gasteiger partial charge in [0.2, 0.25) is 0 Å². The second-order valence-corrected chi connectivity index (χ2v) is 25.8. The molecule has 8 aromatic carbocycles. The van der Waals surface area contributed by atoms with Crippen LogP contribution in [-0.2, 0) is 21.7 Å². The molecule has 0 atom stereocenters. The van der Waals surface area contributed by atoms with E-state index in [0.717, 1.165) is 78.0 Å². The summed E-state index contributed by atoms with van der Waals surface area (Å²) in [7, 11) is 0. The van der Waals surface area contributed by atoms with Crippen molar-refractivity contribution in [3.8, 4) is 0 Å². The van der Waals surface area contributed by atoms with Crippen molar-refractivity contribution in [2.45, 2.75) is 132 Å². The molecular weight excluding hydrogens is 958 g/mol. The van der Waals surface area contributed by atoms with Gasteiger partial charge in [-0.05, 0) is 176 Å². The summed E-state index contributed by atoms with van der Waals surface area (Å²) in [6.45, 7) is 45.1. The second kappa shape index (κ2) is 20.2. The highest BCUT2D eigenvalue weighted by Crippen LogP contribution is 2.50. The molecule has 0 spiro atoms. The monoisotopic (exact) mass is 1040 g/mol. The van der Waals surface area contributed by atoms with Crippen LogP contribution in [0.4, 0.5) is 51.2 Å². The largest absolute Gasteiger partial charge is 0.455 e. The quantitative estimate of drug-likeness (QED) is 0.148. The summed E-state index contributed by atoms with van der Waals surface area (Å²) in [4.78, 5) is 7.60. The summed E-state index contributed by atoms with van der Waals surface area (Å²) in [5.74, 6) is 0. The maximum atomic E-state index is 6.58. The molecule has 0 radical (unpaired) electrons. The zero-order chi connectivity index (χ0) is 56.7. The zero-order valence-electron chi connectivity index (χ0n) is 49.9. The fraction of sp³-hybridized carbons (Fsp3) is 0.270. The second-order valence-electron chi connectivity index (χ2n) is 25.8. The van der Waals surface area contributed by atoms with Gasteiger partial charge >= 0.3 is 0 Å². The van der Waals surface area contributed by atoms with Gasteiger partial charge in [0.15, 0.2) is 0 Å². The van der Waals surface area contributed by atoms with Crippen LogP contribution in [-0.4, -0.2) is 6.71 Å². The van der Waals surface area contributed by atoms with Crippen LogP contribution >= 0.6 is 0 Å². The minimum atomic E-state index is -0.184. The normalized spacial score (nSPS) is 13.5. The number of benzene rings is 8. The van der Waals surface area contributed by atoms with Gasteiger partial charge in [0.1, 0.15) is 11.0 Å². The van der Waals surface area contributed by atoms with Gasteiger partial charge in [0, 0.05) is 61.7 Å². The molecule has 0 unspecified atom stereocenters. The van der Waals surface area contributed by atoms with Crippen molar-refractivity contribution in [3.63, 3.8) is 0 Å². The Bertz CT molecular complexity index is 3890. The minimum Gasteiger partial charge on any atom is -0.455 e. The van der Waals surface area contributed by atoms with Gasteiger partial charge < -0.3 is 19.1 Å². The Morgan fingerprint density at radius 3 is 1.58 bits per heavy atom. The van der Waals surface area contributed by atoms with Crippen LogP contribution in [0.1, 0.15) is 136 Å². The number of rotatable bonds is 7. The average molecular weight is 1040 g/mol. The van der Waals surface area contributed by atoms with Crippen molar-refractivity contribution in [1.29, 1.82) is 0 Å². The van der Waals surface area contributed by atoms with E-state index >= 15 is 0 Å². The Balaban J connectivity index is 0.00000348. The van der Waals surface area contributed by atoms with Gasteiger partial charge in [-0.1, -0.05) is 195 Å². The molecule has 79 heavy (non-hydrogen) atoms. The van der Waals surface area contributed by atoms with Gasteiger partial charge in [-0.25, -0.2) is 0 Å². The summed E-state index contributed by atoms with van der Waals surface area (Å²) >= 11 is 0. The van der Waals surface area contributed by atoms with Crippen molar-refractivity contribution >= 4 is 97.4 Å². The summed E-state index contributed by atoms with van der Waals surface area (Å²) in [5, 5.41) is 1.88. The van der Waals surface area contributed by atoms with Crippen molar-refractivity contribution in [1.82, 2.24) is 0 Å². The van der Waals surface area contributed by atoms with Crippen molar-refractivity contribution in [3.05, 3.63) is 226 Å². The molecule has 5 heteroatoms. The number of nitrogens with zero attached hydrogens (tertiary/aromatic N) is 3. The van der Waals surface area contributed by atoms with E-state index in [0.29, 0.717) is 0 Å². The fourth-order valence-electron chi connectivity index (χ4n) is 11.9. The van der Waals surface area contributed by atoms with E-state index in [1.54, 1.807) is 0 Å². The first-order valence-corrected chi connectivity index (χ1v) is 28.5. The van der Waals surface area contributed by atoms with E-state index in [4.69, 9.17) is 4.42 Å². The van der Waals surface area contributed by atoms with Crippen LogP contribution in [0.3, 0.4) is 0 Å². The third-order valence-electron chi connectivity index (χ3n) is 16.2. The highest BCUT2D eigenvalue weighted by atomic mass is 16.3. The Morgan fingerprint density at radius 2 is 1.01 bits per heavy atom. The predicted molar refractivity (Wildman–Crippen MR) is 344 cm³/mol. The Labute approximate surface area is 472 Å². The van der Waals surface area contributed by atoms with E-state index in [1.165, 1.54) is 55.7 Å². The van der Waals surface area contributed by atoms with Crippen molar-refractivity contribution < 1.29 is 4.42 Å². The van der Waals surface area contributed by atoms with E-state index in [9.17, 15) is 0 Å². The van der Waals surface area contributed by atoms with E-state index in [-0.39, 0.29) is 28.4 Å². The van der Waals surface area contributed by atoms with Crippen LogP contribution in [0.15, 0.2) is 181 Å². The summed E-state index contributed by atoms with van der Waals surface area (Å²) in [6.07, 6.45) is 1.93. The van der Waals surface area contributed by atoms with Gasteiger partial charge in [0.05, 0.1) is 5.69 Å². The Morgan fingerprint density at radius 1 is 0.494 bits per heavy atom. The summed E-state index contributed by atoms with van der Waals surface area (Å²) < 4.78 is 6.58. The first-order chi connectivity index (χ1) is 37.4. The molecule has 0 saturated heterocycles. The molecule has 1 aromatic heterocycles. The number of aryl methyl sites for hydroxylation is 2. The van der Waals surface area contributed by atoms with Crippen LogP contribution in [0, 0.1) is 13.8 Å². The average Bonchev–Trinajstić information content (AvgIpc) is 3.85. The maximum Gasteiger partial charge on any atom is 0.252 e. The molecule has 4 nitrogen and oxygen atoms in total. The number of fused-ring (bicyclic) bond motifs is 5. The number of hydrogen-bond acceptors (Lipinski definition) is 4. The van der Waals surface area contributed by atoms with E-state index < -0.39 is 0 Å². The molecule has 2 aliphatic heterocycles. The fourth-order valence-corrected chi connectivity index (χ4v) is 11.9. The molecule has 3 heterocycles. The summed E-state index contributed by atoms with van der Waals surface area (Å²) in [5.41, 5.74) is 25.0. The number of anilines is 9. The molecule has 11 rings (SSSR count). The molecule has 0 N–H and O–H groups in total. The number of para-hydroxylation sites is 2. The first kappa shape index (κ1) is 54.6. The molecular formula is C74H80BN3O. The lowest BCUT2D eigenvalue weighted by Gasteiger charge is -2.46. The highest BCUT2D eigenvalue weighted by molar-refractivity contribution is 7.00. The van der Waals surface area contributed by atoms with Crippen molar-refractivity contribution in [2.75, 3.05) is 14.7 Å². The molecule has 0 amide bonds. The Hall–Kier alpha value is -7.76. The van der Waals surface area contributed by atoms with Crippen LogP contribution in [0.25, 0.3) is 23.1 Å². The standard InChI is InChI=1S/C72H74BN3O.C2H6/c1-17-57(68-47(4)58-25-21-22-26-65(58)77-68)48-39-45(2)67(46(3)40-48)76-62-44-56(74(53-23-19-18-20-24-53)54-32-27-49(28-33-54)69(5,6)7)36-37-59(62)73-60-41-51(71(11,12)13)31-38-61(60)75(55-34-29-50(30-35-55)70(8,9)10)63-42-52(72(14,15)16)43-64(76)66(63)73;1-2/h17-44H,1,4H2,2-3,5-16H3;1-2H3/b68-57-;. The molecule has 0 aliphatic carbocycles. The SMILES string of the molecule is C=C/C(c1cc(C)c(N2c3cc(N(c4ccccc4)c4ccc(C(C)(C)C)cc4)ccc3B3c4cc(C(C)(C)C)ccc4N(c4ccc(C(C)(C)C)cc4)c4cc(C(C)(C)C)cc2c43)c(C)c1)=c1/oc2ccccc2c1=C.CC. The zero-order valence-corrected chi connectivity index (χ0v) is 49.9. The lowest BCUT2D eigenvalue weighted by Crippen LogP contribution is -2.61. The number of furan rings is 1. The maximum absolute atomic E-state index is 6.58. The lowest BCUT2D eigenvalue weighted by molar-refractivity contribution is 0.573. The van der Waals surface area contributed by atoms with Crippen LogP contribution in [0.2, 0.25) is 0 Å². The smallest absolute Gasteiger partial charge is 0.252 e. The minimum absolute atomic E-state index is 0.0165. The van der Waals surface area contributed by atoms with Gasteiger partial charge in [-0.2, -0.15) is 0 Å². The molecule has 0 fully saturated rings. The third-order valence-corrected chi connectivity index (χ3v) is 16.2. The van der Waals surface area contributed by atoms with Crippen molar-refractivity contribution in [2.24, 2.45) is 0 Å². The third kappa shape index (κ3) is 9.74. The highest BCUT2D eigenvalue weighted by Gasteiger charge is 2.45. The number of allylic oxidation sites excluding steroid dienone is 1. The predicted octanol–water partition coefficient (Wildman–Crippen LogP) is 17.6. The molecule has 400 valence electrons. The van der Waals surface area contributed by atoms with Crippen LogP contribution in [0.5, 0.6) is 0 Å².